The Morgan fingerprint density at radius 2 is 1.84 bits per heavy atom. The van der Waals surface area contributed by atoms with E-state index in [9.17, 15) is 18.0 Å². The fraction of sp³-hybridized carbons (Fsp3) is 0.452. The van der Waals surface area contributed by atoms with Gasteiger partial charge in [-0.05, 0) is 67.5 Å². The zero-order chi connectivity index (χ0) is 31.9. The Bertz CT molecular complexity index is 1420. The Balaban J connectivity index is 1.74. The summed E-state index contributed by atoms with van der Waals surface area (Å²) in [5.74, 6) is 2.72. The normalized spacial score (nSPS) is 16.2. The highest BCUT2D eigenvalue weighted by atomic mass is 32.2. The second kappa shape index (κ2) is 14.7. The maximum atomic E-state index is 13.8. The van der Waals surface area contributed by atoms with E-state index in [0.717, 1.165) is 23.4 Å². The van der Waals surface area contributed by atoms with Gasteiger partial charge in [0, 0.05) is 24.3 Å². The lowest BCUT2D eigenvalue weighted by Gasteiger charge is -2.40. The molecule has 44 heavy (non-hydrogen) atoms. The molecule has 9 nitrogen and oxygen atoms in total. The van der Waals surface area contributed by atoms with Crippen LogP contribution in [0.1, 0.15) is 55.1 Å². The molecule has 238 valence electrons. The third-order valence-corrected chi connectivity index (χ3v) is 7.83. The second-order valence-corrected chi connectivity index (χ2v) is 11.1. The number of thioether (sulfide) groups is 1. The fourth-order valence-electron chi connectivity index (χ4n) is 5.13. The van der Waals surface area contributed by atoms with Crippen LogP contribution in [0.25, 0.3) is 0 Å². The molecule has 1 aliphatic rings. The van der Waals surface area contributed by atoms with E-state index in [-0.39, 0.29) is 18.6 Å². The third kappa shape index (κ3) is 7.79. The number of nitrogens with one attached hydrogen (secondary N) is 1. The van der Waals surface area contributed by atoms with E-state index in [1.165, 1.54) is 11.0 Å². The highest BCUT2D eigenvalue weighted by Gasteiger charge is 2.39. The van der Waals surface area contributed by atoms with Crippen molar-refractivity contribution in [1.29, 1.82) is 0 Å². The lowest BCUT2D eigenvalue weighted by molar-refractivity contribution is -0.137. The van der Waals surface area contributed by atoms with Gasteiger partial charge in [0.1, 0.15) is 11.5 Å². The summed E-state index contributed by atoms with van der Waals surface area (Å²) in [6.07, 6.45) is -0.376. The predicted octanol–water partition coefficient (Wildman–Crippen LogP) is 7.14. The van der Waals surface area contributed by atoms with Crippen molar-refractivity contribution in [3.05, 3.63) is 65.0 Å². The van der Waals surface area contributed by atoms with Crippen molar-refractivity contribution in [2.24, 2.45) is 0 Å². The van der Waals surface area contributed by atoms with E-state index in [0.29, 0.717) is 60.1 Å². The van der Waals surface area contributed by atoms with Gasteiger partial charge >= 0.3 is 12.3 Å². The monoisotopic (exact) mass is 634 g/mol. The van der Waals surface area contributed by atoms with Crippen molar-refractivity contribution in [3.8, 4) is 17.2 Å². The summed E-state index contributed by atoms with van der Waals surface area (Å²) in [5, 5.41) is 3.26. The van der Waals surface area contributed by atoms with E-state index >= 15 is 0 Å². The van der Waals surface area contributed by atoms with Gasteiger partial charge in [0.25, 0.3) is 0 Å². The van der Waals surface area contributed by atoms with Gasteiger partial charge in [-0.1, -0.05) is 6.92 Å². The van der Waals surface area contributed by atoms with Gasteiger partial charge in [0.05, 0.1) is 56.6 Å². The Morgan fingerprint density at radius 1 is 1.11 bits per heavy atom. The quantitative estimate of drug-likeness (QED) is 0.209. The molecular formula is C31H37F3N4O5S. The Labute approximate surface area is 259 Å². The third-order valence-electron chi connectivity index (χ3n) is 7.26. The molecule has 4 rings (SSSR count). The molecule has 13 heteroatoms. The maximum Gasteiger partial charge on any atom is 0.416 e. The summed E-state index contributed by atoms with van der Waals surface area (Å²) in [6, 6.07) is 7.96. The largest absolute Gasteiger partial charge is 0.497 e. The lowest BCUT2D eigenvalue weighted by Crippen LogP contribution is -2.46. The molecule has 0 bridgehead atoms. The molecule has 3 aromatic rings. The van der Waals surface area contributed by atoms with Gasteiger partial charge in [-0.3, -0.25) is 4.90 Å². The van der Waals surface area contributed by atoms with Crippen LogP contribution in [0.15, 0.2) is 42.6 Å². The van der Waals surface area contributed by atoms with Gasteiger partial charge in [-0.15, -0.1) is 0 Å². The highest BCUT2D eigenvalue weighted by molar-refractivity contribution is 7.98. The number of hydrogen-bond donors (Lipinski definition) is 1. The van der Waals surface area contributed by atoms with Crippen LogP contribution in [0.2, 0.25) is 0 Å². The molecule has 0 aliphatic carbocycles. The van der Waals surface area contributed by atoms with Crippen molar-refractivity contribution in [2.75, 3.05) is 49.7 Å². The molecule has 1 aromatic heterocycles. The maximum absolute atomic E-state index is 13.8. The van der Waals surface area contributed by atoms with Crippen molar-refractivity contribution in [1.82, 2.24) is 9.97 Å². The molecule has 1 amide bonds. The number of benzene rings is 2. The topological polar surface area (TPSA) is 95.0 Å². The number of rotatable bonds is 12. The minimum absolute atomic E-state index is 0.143. The number of halogens is 3. The number of nitrogens with zero attached hydrogens (tertiary/aromatic N) is 3. The molecule has 2 heterocycles. The molecule has 1 N–H and O–H groups in total. The number of carbonyl (C=O) groups is 1. The summed E-state index contributed by atoms with van der Waals surface area (Å²) < 4.78 is 63.5. The summed E-state index contributed by atoms with van der Waals surface area (Å²) in [6.45, 7) is 4.20. The Morgan fingerprint density at radius 3 is 2.45 bits per heavy atom. The van der Waals surface area contributed by atoms with Gasteiger partial charge in [-0.2, -0.15) is 24.9 Å². The minimum atomic E-state index is -4.56. The molecule has 1 aliphatic heterocycles. The predicted molar refractivity (Wildman–Crippen MR) is 164 cm³/mol. The van der Waals surface area contributed by atoms with Crippen LogP contribution >= 0.6 is 11.8 Å². The lowest BCUT2D eigenvalue weighted by atomic mass is 9.89. The molecule has 0 saturated carbocycles. The zero-order valence-corrected chi connectivity index (χ0v) is 26.2. The minimum Gasteiger partial charge on any atom is -0.497 e. The fourth-order valence-corrected chi connectivity index (χ4v) is 5.38. The van der Waals surface area contributed by atoms with Crippen LogP contribution in [0.5, 0.6) is 17.2 Å². The van der Waals surface area contributed by atoms with Crippen molar-refractivity contribution in [2.45, 2.75) is 51.4 Å². The SMILES string of the molecule is CCOC(=O)N1c2ccc(C(F)(F)F)cc2[C@@H](Nc2ncc(OCCSC)c(Cc3cc(OC)cc(OC)c3)n2)C[C@H]1CC. The number of alkyl halides is 3. The Kier molecular flexibility index (Phi) is 11.1. The molecule has 2 atom stereocenters. The van der Waals surface area contributed by atoms with Gasteiger partial charge in [0.2, 0.25) is 5.95 Å². The number of methoxy groups -OCH3 is 2. The van der Waals surface area contributed by atoms with Crippen LogP contribution in [0.3, 0.4) is 0 Å². The number of aromatic nitrogens is 2. The van der Waals surface area contributed by atoms with E-state index in [1.807, 2.05) is 25.3 Å². The molecule has 0 unspecified atom stereocenters. The van der Waals surface area contributed by atoms with E-state index in [2.05, 4.69) is 10.3 Å². The first-order chi connectivity index (χ1) is 21.1. The first kappa shape index (κ1) is 33.0. The Hall–Kier alpha value is -3.87. The molecule has 0 fully saturated rings. The van der Waals surface area contributed by atoms with E-state index in [1.54, 1.807) is 45.2 Å². The van der Waals surface area contributed by atoms with Crippen molar-refractivity contribution in [3.63, 3.8) is 0 Å². The van der Waals surface area contributed by atoms with Crippen molar-refractivity contribution >= 4 is 29.5 Å². The smallest absolute Gasteiger partial charge is 0.416 e. The average Bonchev–Trinajstić information content (AvgIpc) is 3.01. The number of fused-ring (bicyclic) bond motifs is 1. The van der Waals surface area contributed by atoms with Gasteiger partial charge in [0.15, 0.2) is 5.75 Å². The van der Waals surface area contributed by atoms with Crippen LogP contribution in [0, 0.1) is 0 Å². The van der Waals surface area contributed by atoms with E-state index in [4.69, 9.17) is 23.9 Å². The van der Waals surface area contributed by atoms with Crippen LogP contribution in [-0.2, 0) is 17.3 Å². The first-order valence-corrected chi connectivity index (χ1v) is 15.6. The van der Waals surface area contributed by atoms with Gasteiger partial charge in [-0.25, -0.2) is 14.8 Å². The summed E-state index contributed by atoms with van der Waals surface area (Å²) >= 11 is 1.64. The number of amides is 1. The zero-order valence-electron chi connectivity index (χ0n) is 25.4. The molecular weight excluding hydrogens is 597 g/mol. The number of carbonyl (C=O) groups excluding carboxylic acids is 1. The number of anilines is 2. The summed E-state index contributed by atoms with van der Waals surface area (Å²) in [7, 11) is 3.14. The molecule has 2 aromatic carbocycles. The standard InChI is InChI=1S/C31H37F3N4O5S/c1-6-21-16-25(24-15-20(31(32,33)34)8-9-27(24)38(21)30(39)42-7-2)36-29-35-18-28(43-10-11-44-5)26(37-29)14-19-12-22(40-3)17-23(13-19)41-4/h8-9,12-13,15,17-18,21,25H,6-7,10-11,14,16H2,1-5H3,(H,35,36,37)/t21-,25+/m1/s1. The number of hydrogen-bond acceptors (Lipinski definition) is 9. The summed E-state index contributed by atoms with van der Waals surface area (Å²) in [5.41, 5.74) is 1.29. The number of ether oxygens (including phenoxy) is 4. The van der Waals surface area contributed by atoms with Crippen molar-refractivity contribution < 1.29 is 36.9 Å². The van der Waals surface area contributed by atoms with Crippen LogP contribution in [0.4, 0.5) is 29.6 Å². The van der Waals surface area contributed by atoms with Gasteiger partial charge < -0.3 is 24.3 Å². The van der Waals surface area contributed by atoms with Crippen LogP contribution in [-0.4, -0.2) is 61.5 Å². The molecule has 0 radical (unpaired) electrons. The summed E-state index contributed by atoms with van der Waals surface area (Å²) in [4.78, 5) is 23.6. The molecule has 0 saturated heterocycles. The first-order valence-electron chi connectivity index (χ1n) is 14.2. The highest BCUT2D eigenvalue weighted by Crippen LogP contribution is 2.43. The van der Waals surface area contributed by atoms with E-state index < -0.39 is 23.9 Å². The molecule has 0 spiro atoms. The van der Waals surface area contributed by atoms with Crippen LogP contribution < -0.4 is 24.4 Å². The second-order valence-electron chi connectivity index (χ2n) is 10.1. The average molecular weight is 635 g/mol.